The number of rotatable bonds is 6. The number of hydrogen-bond acceptors (Lipinski definition) is 6. The van der Waals surface area contributed by atoms with Crippen LogP contribution in [-0.2, 0) is 16.1 Å². The van der Waals surface area contributed by atoms with Gasteiger partial charge in [-0.05, 0) is 35.9 Å². The molecule has 7 nitrogen and oxygen atoms in total. The van der Waals surface area contributed by atoms with Crippen LogP contribution >= 0.6 is 11.6 Å². The summed E-state index contributed by atoms with van der Waals surface area (Å²) in [5.74, 6) is -0.580. The van der Waals surface area contributed by atoms with Crippen LogP contribution in [0.1, 0.15) is 16.7 Å². The van der Waals surface area contributed by atoms with Gasteiger partial charge in [0.1, 0.15) is 18.2 Å². The number of benzene rings is 3. The van der Waals surface area contributed by atoms with Crippen LogP contribution in [0.4, 0.5) is 10.1 Å². The molecule has 3 aromatic rings. The summed E-state index contributed by atoms with van der Waals surface area (Å²) >= 11 is 6.10. The van der Waals surface area contributed by atoms with E-state index in [-0.39, 0.29) is 40.3 Å². The Morgan fingerprint density at radius 2 is 1.88 bits per heavy atom. The highest BCUT2D eigenvalue weighted by molar-refractivity contribution is 6.34. The van der Waals surface area contributed by atoms with Crippen LogP contribution < -0.4 is 4.74 Å². The van der Waals surface area contributed by atoms with E-state index in [1.807, 2.05) is 0 Å². The van der Waals surface area contributed by atoms with Crippen molar-refractivity contribution in [1.29, 1.82) is 0 Å². The number of halogens is 2. The van der Waals surface area contributed by atoms with Crippen molar-refractivity contribution in [3.63, 3.8) is 0 Å². The van der Waals surface area contributed by atoms with Crippen LogP contribution in [-0.4, -0.2) is 16.8 Å². The fourth-order valence-corrected chi connectivity index (χ4v) is 3.19. The number of para-hydroxylation sites is 1. The van der Waals surface area contributed by atoms with Gasteiger partial charge in [-0.15, -0.1) is 0 Å². The molecule has 0 N–H and O–H groups in total. The molecular weight excluding hydrogens is 439 g/mol. The molecule has 9 heteroatoms. The summed E-state index contributed by atoms with van der Waals surface area (Å²) < 4.78 is 24.1. The van der Waals surface area contributed by atoms with E-state index in [9.17, 15) is 19.3 Å². The van der Waals surface area contributed by atoms with Crippen molar-refractivity contribution in [2.24, 2.45) is 4.99 Å². The average molecular weight is 453 g/mol. The second kappa shape index (κ2) is 8.99. The van der Waals surface area contributed by atoms with Gasteiger partial charge in [-0.25, -0.2) is 14.2 Å². The number of nitro benzene ring substituents is 1. The molecule has 0 unspecified atom stereocenters. The molecule has 1 heterocycles. The number of nitro groups is 1. The monoisotopic (exact) mass is 452 g/mol. The van der Waals surface area contributed by atoms with Gasteiger partial charge < -0.3 is 9.47 Å². The number of carbonyl (C=O) groups is 1. The molecule has 0 atom stereocenters. The van der Waals surface area contributed by atoms with E-state index in [1.165, 1.54) is 30.3 Å². The topological polar surface area (TPSA) is 91.0 Å². The first kappa shape index (κ1) is 21.2. The fourth-order valence-electron chi connectivity index (χ4n) is 2.94. The number of esters is 1. The van der Waals surface area contributed by atoms with Crippen LogP contribution in [0, 0.1) is 15.9 Å². The van der Waals surface area contributed by atoms with Crippen molar-refractivity contribution in [2.45, 2.75) is 6.61 Å². The van der Waals surface area contributed by atoms with Gasteiger partial charge in [-0.2, -0.15) is 0 Å². The van der Waals surface area contributed by atoms with Gasteiger partial charge in [0.25, 0.3) is 5.69 Å². The lowest BCUT2D eigenvalue weighted by Gasteiger charge is -2.09. The Bertz CT molecular complexity index is 1270. The zero-order valence-electron chi connectivity index (χ0n) is 16.3. The highest BCUT2D eigenvalue weighted by Crippen LogP contribution is 2.29. The highest BCUT2D eigenvalue weighted by Gasteiger charge is 2.26. The van der Waals surface area contributed by atoms with E-state index >= 15 is 0 Å². The molecule has 0 saturated carbocycles. The van der Waals surface area contributed by atoms with Crippen molar-refractivity contribution in [1.82, 2.24) is 0 Å². The average Bonchev–Trinajstić information content (AvgIpc) is 3.14. The van der Waals surface area contributed by atoms with Crippen molar-refractivity contribution >= 4 is 35.2 Å². The highest BCUT2D eigenvalue weighted by atomic mass is 35.5. The Balaban J connectivity index is 1.59. The minimum Gasteiger partial charge on any atom is -0.488 e. The Morgan fingerprint density at radius 3 is 2.59 bits per heavy atom. The van der Waals surface area contributed by atoms with Crippen molar-refractivity contribution in [3.8, 4) is 5.75 Å². The Kier molecular flexibility index (Phi) is 5.96. The molecule has 1 aliphatic rings. The maximum absolute atomic E-state index is 13.1. The largest absolute Gasteiger partial charge is 0.488 e. The third-order valence-electron chi connectivity index (χ3n) is 4.53. The third kappa shape index (κ3) is 4.65. The molecule has 32 heavy (non-hydrogen) atoms. The molecule has 0 fully saturated rings. The molecule has 1 aliphatic heterocycles. The van der Waals surface area contributed by atoms with Gasteiger partial charge >= 0.3 is 5.97 Å². The molecule has 0 radical (unpaired) electrons. The summed E-state index contributed by atoms with van der Waals surface area (Å²) in [7, 11) is 0. The van der Waals surface area contributed by atoms with Crippen LogP contribution in [0.2, 0.25) is 5.02 Å². The molecule has 0 amide bonds. The normalized spacial score (nSPS) is 14.2. The molecule has 0 spiro atoms. The summed E-state index contributed by atoms with van der Waals surface area (Å²) in [4.78, 5) is 26.8. The number of nitrogens with zero attached hydrogens (tertiary/aromatic N) is 2. The minimum absolute atomic E-state index is 0.0206. The predicted octanol–water partition coefficient (Wildman–Crippen LogP) is 5.31. The van der Waals surface area contributed by atoms with E-state index in [4.69, 9.17) is 21.1 Å². The fraction of sp³-hybridized carbons (Fsp3) is 0.0435. The number of non-ortho nitro benzene ring substituents is 1. The zero-order chi connectivity index (χ0) is 22.7. The number of carbonyl (C=O) groups excluding carboxylic acids is 1. The Hall–Kier alpha value is -4.04. The number of cyclic esters (lactones) is 1. The lowest BCUT2D eigenvalue weighted by Crippen LogP contribution is -2.06. The van der Waals surface area contributed by atoms with Crippen LogP contribution in [0.25, 0.3) is 6.08 Å². The first-order chi connectivity index (χ1) is 15.4. The van der Waals surface area contributed by atoms with Gasteiger partial charge in [-0.1, -0.05) is 41.9 Å². The van der Waals surface area contributed by atoms with E-state index in [2.05, 4.69) is 4.99 Å². The summed E-state index contributed by atoms with van der Waals surface area (Å²) in [6.45, 7) is 0.206. The van der Waals surface area contributed by atoms with Crippen LogP contribution in [0.5, 0.6) is 5.75 Å². The molecule has 0 aromatic heterocycles. The van der Waals surface area contributed by atoms with Crippen molar-refractivity contribution in [3.05, 3.63) is 110 Å². The number of ether oxygens (including phenoxy) is 2. The lowest BCUT2D eigenvalue weighted by molar-refractivity contribution is -0.384. The SMILES string of the molecule is O=C1OC(c2ccc([N+](=O)[O-])cc2Cl)=N/C1=C\c1ccccc1OCc1ccc(F)cc1. The summed E-state index contributed by atoms with van der Waals surface area (Å²) in [6.07, 6.45) is 1.51. The van der Waals surface area contributed by atoms with Gasteiger partial charge in [0.2, 0.25) is 5.90 Å². The maximum atomic E-state index is 13.1. The second-order valence-corrected chi connectivity index (χ2v) is 7.12. The first-order valence-corrected chi connectivity index (χ1v) is 9.71. The smallest absolute Gasteiger partial charge is 0.363 e. The van der Waals surface area contributed by atoms with Gasteiger partial charge in [0.05, 0.1) is 15.5 Å². The van der Waals surface area contributed by atoms with E-state index < -0.39 is 10.9 Å². The maximum Gasteiger partial charge on any atom is 0.363 e. The second-order valence-electron chi connectivity index (χ2n) is 6.71. The molecule has 0 saturated heterocycles. The molecule has 0 aliphatic carbocycles. The molecule has 160 valence electrons. The van der Waals surface area contributed by atoms with E-state index in [1.54, 1.807) is 36.4 Å². The summed E-state index contributed by atoms with van der Waals surface area (Å²) in [5, 5.41) is 10.9. The number of aliphatic imine (C=N–C) groups is 1. The van der Waals surface area contributed by atoms with Gasteiger partial charge in [0.15, 0.2) is 5.70 Å². The summed E-state index contributed by atoms with van der Waals surface area (Å²) in [6, 6.07) is 16.7. The standard InChI is InChI=1S/C23H14ClFN2O5/c24-19-12-17(27(29)30)9-10-18(19)22-26-20(23(28)32-22)11-15-3-1-2-4-21(15)31-13-14-5-7-16(25)8-6-14/h1-12H,13H2/b20-11-. The first-order valence-electron chi connectivity index (χ1n) is 9.34. The van der Waals surface area contributed by atoms with E-state index in [0.717, 1.165) is 11.6 Å². The molecule has 4 rings (SSSR count). The van der Waals surface area contributed by atoms with E-state index in [0.29, 0.717) is 11.3 Å². The number of hydrogen-bond donors (Lipinski definition) is 0. The Labute approximate surface area is 186 Å². The zero-order valence-corrected chi connectivity index (χ0v) is 17.1. The quantitative estimate of drug-likeness (QED) is 0.219. The van der Waals surface area contributed by atoms with Crippen LogP contribution in [0.15, 0.2) is 77.4 Å². The minimum atomic E-state index is -0.692. The van der Waals surface area contributed by atoms with Gasteiger partial charge in [0, 0.05) is 17.7 Å². The third-order valence-corrected chi connectivity index (χ3v) is 4.85. The lowest BCUT2D eigenvalue weighted by atomic mass is 10.1. The van der Waals surface area contributed by atoms with Crippen molar-refractivity contribution < 1.29 is 23.6 Å². The summed E-state index contributed by atoms with van der Waals surface area (Å²) in [5.41, 5.74) is 1.46. The molecule has 0 bridgehead atoms. The van der Waals surface area contributed by atoms with Crippen molar-refractivity contribution in [2.75, 3.05) is 0 Å². The van der Waals surface area contributed by atoms with Gasteiger partial charge in [-0.3, -0.25) is 10.1 Å². The molecule has 3 aromatic carbocycles. The predicted molar refractivity (Wildman–Crippen MR) is 116 cm³/mol. The molecular formula is C23H14ClFN2O5. The van der Waals surface area contributed by atoms with Crippen LogP contribution in [0.3, 0.4) is 0 Å². The Morgan fingerprint density at radius 1 is 1.12 bits per heavy atom.